The number of carbonyl (C=O) groups excluding carboxylic acids is 3. The van der Waals surface area contributed by atoms with Crippen LogP contribution in [0, 0.1) is 52.3 Å². The molecule has 0 amide bonds. The van der Waals surface area contributed by atoms with Crippen LogP contribution in [0.4, 0.5) is 0 Å². The van der Waals surface area contributed by atoms with E-state index in [1.807, 2.05) is 0 Å². The number of hydrogen-bond acceptors (Lipinski definition) is 6. The smallest absolute Gasteiger partial charge is 0.303 e. The van der Waals surface area contributed by atoms with Gasteiger partial charge in [-0.1, -0.05) is 53.2 Å². The molecule has 0 unspecified atom stereocenters. The van der Waals surface area contributed by atoms with Gasteiger partial charge in [-0.3, -0.25) is 14.4 Å². The van der Waals surface area contributed by atoms with E-state index in [0.29, 0.717) is 29.6 Å². The van der Waals surface area contributed by atoms with Crippen molar-refractivity contribution in [2.45, 2.75) is 138 Å². The molecule has 3 fully saturated rings. The summed E-state index contributed by atoms with van der Waals surface area (Å²) in [6.07, 6.45) is 11.2. The highest BCUT2D eigenvalue weighted by atomic mass is 16.6. The van der Waals surface area contributed by atoms with E-state index in [2.05, 4.69) is 47.6 Å². The minimum absolute atomic E-state index is 0.0232. The Morgan fingerprint density at radius 3 is 2.12 bits per heavy atom. The first-order valence-electron chi connectivity index (χ1n) is 16.4. The molecule has 6 nitrogen and oxygen atoms in total. The van der Waals surface area contributed by atoms with E-state index in [-0.39, 0.29) is 46.7 Å². The molecule has 4 aliphatic rings. The molecule has 11 atom stereocenters. The fraction of sp³-hybridized carbons (Fsp3) is 0.857. The van der Waals surface area contributed by atoms with Crippen molar-refractivity contribution < 1.29 is 28.6 Å². The van der Waals surface area contributed by atoms with Crippen LogP contribution >= 0.6 is 0 Å². The van der Waals surface area contributed by atoms with E-state index in [4.69, 9.17) is 14.2 Å². The number of hydrogen-bond donors (Lipinski definition) is 0. The molecule has 0 bridgehead atoms. The third-order valence-corrected chi connectivity index (χ3v) is 12.3. The van der Waals surface area contributed by atoms with Gasteiger partial charge >= 0.3 is 17.9 Å². The van der Waals surface area contributed by atoms with Gasteiger partial charge in [0.15, 0.2) is 0 Å². The van der Waals surface area contributed by atoms with Gasteiger partial charge in [-0.2, -0.15) is 0 Å². The first-order valence-corrected chi connectivity index (χ1v) is 16.4. The van der Waals surface area contributed by atoms with Crippen molar-refractivity contribution in [1.29, 1.82) is 0 Å². The number of allylic oxidation sites excluding steroid dienone is 1. The Morgan fingerprint density at radius 1 is 0.878 bits per heavy atom. The Morgan fingerprint density at radius 2 is 1.54 bits per heavy atom. The lowest BCUT2D eigenvalue weighted by Crippen LogP contribution is -2.53. The standard InChI is InChI=1S/C35H56O6/c1-10-27(20(2)3)33(41-24(7)38)32(40-23(6)37)21(4)29-13-14-30-28-12-11-25-19-26(39-22(5)36)15-17-34(25,8)31(28)16-18-35(29,30)9/h11,20-21,26-33H,10,12-19H2,1-9H3/t21-,26-,27-,28-,29+,30-,31-,32+,33+,34-,35+/m0/s1. The van der Waals surface area contributed by atoms with Crippen LogP contribution in [0.2, 0.25) is 0 Å². The van der Waals surface area contributed by atoms with E-state index in [1.54, 1.807) is 0 Å². The van der Waals surface area contributed by atoms with Crippen LogP contribution in [0.5, 0.6) is 0 Å². The van der Waals surface area contributed by atoms with Crippen LogP contribution in [0.15, 0.2) is 11.6 Å². The number of rotatable bonds is 9. The quantitative estimate of drug-likeness (QED) is 0.160. The van der Waals surface area contributed by atoms with Crippen LogP contribution in [0.3, 0.4) is 0 Å². The van der Waals surface area contributed by atoms with Crippen molar-refractivity contribution in [2.75, 3.05) is 0 Å². The second-order valence-electron chi connectivity index (χ2n) is 14.8. The highest BCUT2D eigenvalue weighted by Crippen LogP contribution is 2.67. The zero-order valence-electron chi connectivity index (χ0n) is 27.2. The van der Waals surface area contributed by atoms with Gasteiger partial charge in [0.25, 0.3) is 0 Å². The predicted octanol–water partition coefficient (Wildman–Crippen LogP) is 7.68. The van der Waals surface area contributed by atoms with Gasteiger partial charge in [-0.05, 0) is 91.8 Å². The average Bonchev–Trinajstić information content (AvgIpc) is 3.23. The predicted molar refractivity (Wildman–Crippen MR) is 160 cm³/mol. The largest absolute Gasteiger partial charge is 0.462 e. The summed E-state index contributed by atoms with van der Waals surface area (Å²) >= 11 is 0. The van der Waals surface area contributed by atoms with E-state index >= 15 is 0 Å². The molecule has 0 aromatic rings. The fourth-order valence-corrected chi connectivity index (χ4v) is 10.4. The summed E-state index contributed by atoms with van der Waals surface area (Å²) in [5.41, 5.74) is 1.87. The monoisotopic (exact) mass is 572 g/mol. The van der Waals surface area contributed by atoms with Crippen LogP contribution in [-0.4, -0.2) is 36.2 Å². The number of esters is 3. The minimum atomic E-state index is -0.450. The van der Waals surface area contributed by atoms with Crippen LogP contribution in [0.25, 0.3) is 0 Å². The van der Waals surface area contributed by atoms with Gasteiger partial charge in [0.2, 0.25) is 0 Å². The zero-order valence-corrected chi connectivity index (χ0v) is 27.2. The molecule has 0 heterocycles. The molecule has 4 aliphatic carbocycles. The Labute approximate surface area is 248 Å². The molecule has 41 heavy (non-hydrogen) atoms. The maximum atomic E-state index is 12.4. The van der Waals surface area contributed by atoms with Crippen molar-refractivity contribution in [3.63, 3.8) is 0 Å². The van der Waals surface area contributed by atoms with E-state index in [9.17, 15) is 14.4 Å². The van der Waals surface area contributed by atoms with Gasteiger partial charge in [0, 0.05) is 39.0 Å². The van der Waals surface area contributed by atoms with Gasteiger partial charge < -0.3 is 14.2 Å². The average molecular weight is 573 g/mol. The summed E-state index contributed by atoms with van der Waals surface area (Å²) in [5.74, 6) is 2.08. The SMILES string of the molecule is CC[C@@H](C(C)C)[C@@H](OC(C)=O)[C@H](OC(C)=O)[C@@H](C)[C@H]1CC[C@H]2[C@@H]3CC=C4C[C@@H](OC(C)=O)CC[C@]4(C)[C@H]3CC[C@]12C. The minimum Gasteiger partial charge on any atom is -0.462 e. The Hall–Kier alpha value is -1.85. The van der Waals surface area contributed by atoms with Crippen molar-refractivity contribution in [1.82, 2.24) is 0 Å². The lowest BCUT2D eigenvalue weighted by Gasteiger charge is -2.58. The molecule has 232 valence electrons. The highest BCUT2D eigenvalue weighted by Gasteiger charge is 2.60. The number of ether oxygens (including phenoxy) is 3. The van der Waals surface area contributed by atoms with Crippen LogP contribution in [-0.2, 0) is 28.6 Å². The van der Waals surface area contributed by atoms with Crippen molar-refractivity contribution in [2.24, 2.45) is 52.3 Å². The van der Waals surface area contributed by atoms with Crippen molar-refractivity contribution in [3.05, 3.63) is 11.6 Å². The number of carbonyl (C=O) groups is 3. The normalized spacial score (nSPS) is 37.4. The maximum Gasteiger partial charge on any atom is 0.303 e. The molecule has 3 saturated carbocycles. The van der Waals surface area contributed by atoms with Crippen LogP contribution < -0.4 is 0 Å². The topological polar surface area (TPSA) is 78.9 Å². The number of fused-ring (bicyclic) bond motifs is 5. The molecular formula is C35H56O6. The van der Waals surface area contributed by atoms with Gasteiger partial charge in [-0.25, -0.2) is 0 Å². The van der Waals surface area contributed by atoms with E-state index in [1.165, 1.54) is 45.6 Å². The molecule has 0 N–H and O–H groups in total. The highest BCUT2D eigenvalue weighted by molar-refractivity contribution is 5.67. The fourth-order valence-electron chi connectivity index (χ4n) is 10.4. The molecule has 0 saturated heterocycles. The molecular weight excluding hydrogens is 516 g/mol. The van der Waals surface area contributed by atoms with E-state index < -0.39 is 12.2 Å². The summed E-state index contributed by atoms with van der Waals surface area (Å²) in [5, 5.41) is 0. The second-order valence-corrected chi connectivity index (χ2v) is 14.8. The maximum absolute atomic E-state index is 12.4. The first kappa shape index (κ1) is 32.1. The van der Waals surface area contributed by atoms with Gasteiger partial charge in [0.05, 0.1) is 0 Å². The molecule has 0 aromatic heterocycles. The van der Waals surface area contributed by atoms with Crippen molar-refractivity contribution >= 4 is 17.9 Å². The van der Waals surface area contributed by atoms with Crippen molar-refractivity contribution in [3.8, 4) is 0 Å². The lowest BCUT2D eigenvalue weighted by atomic mass is 9.47. The zero-order chi connectivity index (χ0) is 30.3. The first-order chi connectivity index (χ1) is 19.2. The van der Waals surface area contributed by atoms with Crippen LogP contribution in [0.1, 0.15) is 120 Å². The summed E-state index contributed by atoms with van der Waals surface area (Å²) in [7, 11) is 0. The molecule has 0 aromatic carbocycles. The Kier molecular flexibility index (Phi) is 9.70. The summed E-state index contributed by atoms with van der Waals surface area (Å²) in [4.78, 5) is 36.4. The molecule has 4 rings (SSSR count). The summed E-state index contributed by atoms with van der Waals surface area (Å²) in [6.45, 7) is 18.2. The Balaban J connectivity index is 1.59. The van der Waals surface area contributed by atoms with E-state index in [0.717, 1.165) is 38.5 Å². The summed E-state index contributed by atoms with van der Waals surface area (Å²) < 4.78 is 17.8. The van der Waals surface area contributed by atoms with Gasteiger partial charge in [-0.15, -0.1) is 0 Å². The van der Waals surface area contributed by atoms with Gasteiger partial charge in [0.1, 0.15) is 18.3 Å². The Bertz CT molecular complexity index is 1020. The third-order valence-electron chi connectivity index (χ3n) is 12.3. The third kappa shape index (κ3) is 6.13. The molecule has 0 radical (unpaired) electrons. The summed E-state index contributed by atoms with van der Waals surface area (Å²) in [6, 6.07) is 0. The molecule has 0 aliphatic heterocycles. The molecule has 0 spiro atoms. The molecule has 6 heteroatoms. The lowest BCUT2D eigenvalue weighted by molar-refractivity contribution is -0.181. The second kappa shape index (κ2) is 12.4.